The largest absolute Gasteiger partial charge is 0.302 e. The molecule has 0 amide bonds. The molecule has 0 saturated carbocycles. The summed E-state index contributed by atoms with van der Waals surface area (Å²) in [5, 5.41) is 8.22. The lowest BCUT2D eigenvalue weighted by Crippen LogP contribution is -2.13. The summed E-state index contributed by atoms with van der Waals surface area (Å²) in [5.74, 6) is 0.956. The molecule has 0 aliphatic heterocycles. The Bertz CT molecular complexity index is 449. The van der Waals surface area contributed by atoms with E-state index in [1.54, 1.807) is 0 Å². The fraction of sp³-hybridized carbons (Fsp3) is 0.333. The van der Waals surface area contributed by atoms with Crippen molar-refractivity contribution in [1.82, 2.24) is 19.5 Å². The Labute approximate surface area is 90.7 Å². The van der Waals surface area contributed by atoms with Crippen LogP contribution >= 0.6 is 15.9 Å². The Kier molecular flexibility index (Phi) is 2.52. The normalized spacial score (nSPS) is 11.4. The summed E-state index contributed by atoms with van der Waals surface area (Å²) in [6.45, 7) is 0.794. The first-order valence-corrected chi connectivity index (χ1v) is 5.10. The second kappa shape index (κ2) is 3.67. The van der Waals surface area contributed by atoms with Gasteiger partial charge in [-0.05, 0) is 26.2 Å². The highest BCUT2D eigenvalue weighted by Gasteiger charge is 2.05. The molecule has 2 aromatic heterocycles. The molecule has 0 atom stereocenters. The van der Waals surface area contributed by atoms with Gasteiger partial charge in [0, 0.05) is 10.7 Å². The lowest BCUT2D eigenvalue weighted by atomic mass is 10.4. The summed E-state index contributed by atoms with van der Waals surface area (Å²) in [6.07, 6.45) is 1.97. The van der Waals surface area contributed by atoms with Crippen molar-refractivity contribution < 1.29 is 0 Å². The first kappa shape index (κ1) is 9.61. The fourth-order valence-electron chi connectivity index (χ4n) is 1.31. The van der Waals surface area contributed by atoms with E-state index in [-0.39, 0.29) is 0 Å². The SMILES string of the molecule is CN(C)Cc1nnc2cc(Br)ccn12. The Morgan fingerprint density at radius 1 is 1.43 bits per heavy atom. The first-order chi connectivity index (χ1) is 6.66. The van der Waals surface area contributed by atoms with Crippen LogP contribution in [0.4, 0.5) is 0 Å². The minimum Gasteiger partial charge on any atom is -0.302 e. The summed E-state index contributed by atoms with van der Waals surface area (Å²) < 4.78 is 3.01. The summed E-state index contributed by atoms with van der Waals surface area (Å²) in [4.78, 5) is 2.07. The van der Waals surface area contributed by atoms with Gasteiger partial charge in [0.2, 0.25) is 0 Å². The highest BCUT2D eigenvalue weighted by molar-refractivity contribution is 9.10. The van der Waals surface area contributed by atoms with Gasteiger partial charge in [0.1, 0.15) is 0 Å². The third-order valence-corrected chi connectivity index (χ3v) is 2.39. The van der Waals surface area contributed by atoms with Crippen molar-refractivity contribution in [3.05, 3.63) is 28.6 Å². The predicted octanol–water partition coefficient (Wildman–Crippen LogP) is 1.55. The van der Waals surface area contributed by atoms with Crippen LogP contribution in [-0.2, 0) is 6.54 Å². The van der Waals surface area contributed by atoms with Gasteiger partial charge in [-0.2, -0.15) is 0 Å². The van der Waals surface area contributed by atoms with Crippen LogP contribution in [0.5, 0.6) is 0 Å². The van der Waals surface area contributed by atoms with Gasteiger partial charge in [-0.15, -0.1) is 10.2 Å². The van der Waals surface area contributed by atoms with E-state index in [0.29, 0.717) is 0 Å². The van der Waals surface area contributed by atoms with Crippen molar-refractivity contribution in [2.24, 2.45) is 0 Å². The van der Waals surface area contributed by atoms with Crippen LogP contribution in [0.3, 0.4) is 0 Å². The van der Waals surface area contributed by atoms with Crippen molar-refractivity contribution in [2.45, 2.75) is 6.54 Å². The van der Waals surface area contributed by atoms with Gasteiger partial charge in [0.25, 0.3) is 0 Å². The molecule has 2 aromatic rings. The van der Waals surface area contributed by atoms with E-state index < -0.39 is 0 Å². The number of aromatic nitrogens is 3. The topological polar surface area (TPSA) is 33.4 Å². The number of hydrogen-bond donors (Lipinski definition) is 0. The zero-order valence-corrected chi connectivity index (χ0v) is 9.69. The van der Waals surface area contributed by atoms with Crippen LogP contribution in [0.2, 0.25) is 0 Å². The smallest absolute Gasteiger partial charge is 0.161 e. The number of halogens is 1. The predicted molar refractivity (Wildman–Crippen MR) is 58.1 cm³/mol. The molecule has 0 spiro atoms. The molecule has 0 unspecified atom stereocenters. The van der Waals surface area contributed by atoms with Crippen molar-refractivity contribution in [3.63, 3.8) is 0 Å². The van der Waals surface area contributed by atoms with Crippen LogP contribution in [0, 0.1) is 0 Å². The van der Waals surface area contributed by atoms with Gasteiger partial charge in [-0.25, -0.2) is 0 Å². The zero-order chi connectivity index (χ0) is 10.1. The molecule has 14 heavy (non-hydrogen) atoms. The molecule has 0 aliphatic rings. The van der Waals surface area contributed by atoms with E-state index in [0.717, 1.165) is 22.5 Å². The van der Waals surface area contributed by atoms with Crippen LogP contribution in [-0.4, -0.2) is 33.6 Å². The number of hydrogen-bond acceptors (Lipinski definition) is 3. The molecule has 0 aromatic carbocycles. The number of nitrogens with zero attached hydrogens (tertiary/aromatic N) is 4. The van der Waals surface area contributed by atoms with Gasteiger partial charge in [-0.1, -0.05) is 15.9 Å². The second-order valence-electron chi connectivity index (χ2n) is 3.43. The van der Waals surface area contributed by atoms with Gasteiger partial charge in [-0.3, -0.25) is 4.40 Å². The maximum atomic E-state index is 4.13. The minimum atomic E-state index is 0.794. The molecule has 0 radical (unpaired) electrons. The van der Waals surface area contributed by atoms with Crippen molar-refractivity contribution >= 4 is 21.6 Å². The van der Waals surface area contributed by atoms with Gasteiger partial charge in [0.15, 0.2) is 11.5 Å². The third-order valence-electron chi connectivity index (χ3n) is 1.90. The maximum Gasteiger partial charge on any atom is 0.161 e. The minimum absolute atomic E-state index is 0.794. The zero-order valence-electron chi connectivity index (χ0n) is 8.11. The molecule has 0 saturated heterocycles. The van der Waals surface area contributed by atoms with Gasteiger partial charge in [0.05, 0.1) is 6.54 Å². The fourth-order valence-corrected chi connectivity index (χ4v) is 1.63. The lowest BCUT2D eigenvalue weighted by Gasteiger charge is -2.06. The first-order valence-electron chi connectivity index (χ1n) is 4.31. The molecule has 0 fully saturated rings. The highest BCUT2D eigenvalue weighted by Crippen LogP contribution is 2.12. The Morgan fingerprint density at radius 3 is 2.93 bits per heavy atom. The standard InChI is InChI=1S/C9H11BrN4/c1-13(2)6-9-12-11-8-5-7(10)3-4-14(8)9/h3-5H,6H2,1-2H3. The van der Waals surface area contributed by atoms with Crippen LogP contribution < -0.4 is 0 Å². The average Bonchev–Trinajstić information content (AvgIpc) is 2.47. The average molecular weight is 255 g/mol. The maximum absolute atomic E-state index is 4.13. The van der Waals surface area contributed by atoms with Crippen molar-refractivity contribution in [2.75, 3.05) is 14.1 Å². The molecule has 0 aliphatic carbocycles. The second-order valence-corrected chi connectivity index (χ2v) is 4.34. The Morgan fingerprint density at radius 2 is 2.21 bits per heavy atom. The van der Waals surface area contributed by atoms with Gasteiger partial charge >= 0.3 is 0 Å². The highest BCUT2D eigenvalue weighted by atomic mass is 79.9. The number of fused-ring (bicyclic) bond motifs is 1. The summed E-state index contributed by atoms with van der Waals surface area (Å²) in [5.41, 5.74) is 0.872. The monoisotopic (exact) mass is 254 g/mol. The molecular formula is C9H11BrN4. The molecule has 4 nitrogen and oxygen atoms in total. The van der Waals surface area contributed by atoms with E-state index >= 15 is 0 Å². The molecule has 74 valence electrons. The van der Waals surface area contributed by atoms with Crippen LogP contribution in [0.25, 0.3) is 5.65 Å². The molecule has 2 heterocycles. The van der Waals surface area contributed by atoms with Crippen LogP contribution in [0.1, 0.15) is 5.82 Å². The van der Waals surface area contributed by atoms with E-state index in [1.807, 2.05) is 36.8 Å². The third kappa shape index (κ3) is 1.78. The van der Waals surface area contributed by atoms with E-state index in [9.17, 15) is 0 Å². The molecule has 5 heteroatoms. The Hall–Kier alpha value is -0.940. The van der Waals surface area contributed by atoms with Gasteiger partial charge < -0.3 is 4.90 Å². The van der Waals surface area contributed by atoms with Crippen molar-refractivity contribution in [3.8, 4) is 0 Å². The molecular weight excluding hydrogens is 244 g/mol. The van der Waals surface area contributed by atoms with Crippen molar-refractivity contribution in [1.29, 1.82) is 0 Å². The number of pyridine rings is 1. The van der Waals surface area contributed by atoms with E-state index in [4.69, 9.17) is 0 Å². The van der Waals surface area contributed by atoms with Crippen LogP contribution in [0.15, 0.2) is 22.8 Å². The summed E-state index contributed by atoms with van der Waals surface area (Å²) >= 11 is 3.40. The lowest BCUT2D eigenvalue weighted by molar-refractivity contribution is 0.388. The van der Waals surface area contributed by atoms with E-state index in [1.165, 1.54) is 0 Å². The Balaban J connectivity index is 2.47. The molecule has 2 rings (SSSR count). The molecule has 0 bridgehead atoms. The molecule has 0 N–H and O–H groups in total. The quantitative estimate of drug-likeness (QED) is 0.816. The van der Waals surface area contributed by atoms with E-state index in [2.05, 4.69) is 31.0 Å². The summed E-state index contributed by atoms with van der Waals surface area (Å²) in [6, 6.07) is 3.93. The summed E-state index contributed by atoms with van der Waals surface area (Å²) in [7, 11) is 4.03. The number of rotatable bonds is 2.